The first-order valence-electron chi connectivity index (χ1n) is 7.63. The first-order chi connectivity index (χ1) is 11.3. The molecule has 3 heterocycles. The van der Waals surface area contributed by atoms with Gasteiger partial charge in [-0.3, -0.25) is 14.3 Å². The number of hydrogen-bond acceptors (Lipinski definition) is 4. The number of hydrogen-bond donors (Lipinski definition) is 1. The van der Waals surface area contributed by atoms with Crippen molar-refractivity contribution in [2.75, 3.05) is 5.32 Å². The van der Waals surface area contributed by atoms with Crippen molar-refractivity contribution in [2.45, 2.75) is 33.2 Å². The molecule has 3 aromatic heterocycles. The molecule has 0 aliphatic rings. The number of nitrogens with one attached hydrogen (secondary N) is 1. The van der Waals surface area contributed by atoms with Gasteiger partial charge in [-0.1, -0.05) is 6.07 Å². The summed E-state index contributed by atoms with van der Waals surface area (Å²) in [4.78, 5) is 33.6. The van der Waals surface area contributed by atoms with Crippen molar-refractivity contribution in [3.8, 4) is 0 Å². The fourth-order valence-electron chi connectivity index (χ4n) is 2.64. The largest absolute Gasteiger partial charge is 0.305 e. The lowest BCUT2D eigenvalue weighted by Gasteiger charge is -2.24. The second kappa shape index (κ2) is 5.59. The highest BCUT2D eigenvalue weighted by molar-refractivity contribution is 6.03. The maximum atomic E-state index is 12.7. The van der Waals surface area contributed by atoms with E-state index in [1.165, 1.54) is 10.6 Å². The molecule has 7 heteroatoms. The van der Waals surface area contributed by atoms with Crippen LogP contribution in [0.3, 0.4) is 0 Å². The number of pyridine rings is 1. The van der Waals surface area contributed by atoms with Crippen LogP contribution in [-0.2, 0) is 5.54 Å². The van der Waals surface area contributed by atoms with Crippen LogP contribution in [0, 0.1) is 6.92 Å². The molecule has 7 nitrogen and oxygen atoms in total. The Kier molecular flexibility index (Phi) is 3.71. The fourth-order valence-corrected chi connectivity index (χ4v) is 2.64. The Labute approximate surface area is 139 Å². The van der Waals surface area contributed by atoms with E-state index in [1.807, 2.05) is 20.8 Å². The number of fused-ring (bicyclic) bond motifs is 1. The van der Waals surface area contributed by atoms with Crippen LogP contribution >= 0.6 is 0 Å². The molecule has 3 rings (SSSR count). The number of aryl methyl sites for hydroxylation is 1. The van der Waals surface area contributed by atoms with Crippen LogP contribution in [0.25, 0.3) is 5.65 Å². The third kappa shape index (κ3) is 2.80. The average molecular weight is 325 g/mol. The molecular formula is C17H19N5O2. The smallest absolute Gasteiger partial charge is 0.275 e. The molecule has 24 heavy (non-hydrogen) atoms. The van der Waals surface area contributed by atoms with Gasteiger partial charge in [-0.05, 0) is 39.8 Å². The maximum absolute atomic E-state index is 12.7. The summed E-state index contributed by atoms with van der Waals surface area (Å²) in [5.74, 6) is 0.107. The van der Waals surface area contributed by atoms with Gasteiger partial charge in [-0.15, -0.1) is 0 Å². The number of aromatic nitrogens is 4. The number of anilines is 1. The molecule has 0 aromatic carbocycles. The lowest BCUT2D eigenvalue weighted by atomic mass is 10.1. The monoisotopic (exact) mass is 325 g/mol. The summed E-state index contributed by atoms with van der Waals surface area (Å²) in [6.45, 7) is 7.53. The minimum atomic E-state index is -0.487. The van der Waals surface area contributed by atoms with Gasteiger partial charge >= 0.3 is 0 Å². The van der Waals surface area contributed by atoms with E-state index >= 15 is 0 Å². The maximum Gasteiger partial charge on any atom is 0.275 e. The van der Waals surface area contributed by atoms with E-state index in [-0.39, 0.29) is 11.5 Å². The fraction of sp³-hybridized carbons (Fsp3) is 0.294. The molecule has 0 bridgehead atoms. The SMILES string of the molecule is Cc1cc(=O)n2c(cc(C(=O)Nc3ccccn3)n2C(C)(C)C)n1. The molecule has 124 valence electrons. The highest BCUT2D eigenvalue weighted by Crippen LogP contribution is 2.20. The Hall–Kier alpha value is -2.96. The lowest BCUT2D eigenvalue weighted by Crippen LogP contribution is -2.35. The van der Waals surface area contributed by atoms with Gasteiger partial charge in [0.25, 0.3) is 11.5 Å². The van der Waals surface area contributed by atoms with Crippen LogP contribution in [0.5, 0.6) is 0 Å². The summed E-state index contributed by atoms with van der Waals surface area (Å²) in [6.07, 6.45) is 1.60. The van der Waals surface area contributed by atoms with Crippen LogP contribution in [0.15, 0.2) is 41.3 Å². The molecule has 0 saturated carbocycles. The highest BCUT2D eigenvalue weighted by atomic mass is 16.2. The topological polar surface area (TPSA) is 81.3 Å². The van der Waals surface area contributed by atoms with E-state index in [1.54, 1.807) is 42.1 Å². The molecule has 0 spiro atoms. The van der Waals surface area contributed by atoms with Crippen LogP contribution < -0.4 is 10.9 Å². The van der Waals surface area contributed by atoms with E-state index in [0.29, 0.717) is 22.9 Å². The van der Waals surface area contributed by atoms with Crippen molar-refractivity contribution in [3.05, 3.63) is 58.3 Å². The van der Waals surface area contributed by atoms with E-state index in [2.05, 4.69) is 15.3 Å². The van der Waals surface area contributed by atoms with Crippen LogP contribution in [0.1, 0.15) is 37.0 Å². The van der Waals surface area contributed by atoms with Crippen molar-refractivity contribution in [3.63, 3.8) is 0 Å². The molecule has 0 unspecified atom stereocenters. The van der Waals surface area contributed by atoms with E-state index < -0.39 is 5.54 Å². The molecule has 0 fully saturated rings. The molecular weight excluding hydrogens is 306 g/mol. The third-order valence-electron chi connectivity index (χ3n) is 3.52. The molecule has 0 aliphatic carbocycles. The number of rotatable bonds is 2. The Balaban J connectivity index is 2.18. The van der Waals surface area contributed by atoms with Crippen LogP contribution in [0.2, 0.25) is 0 Å². The van der Waals surface area contributed by atoms with E-state index in [4.69, 9.17) is 0 Å². The van der Waals surface area contributed by atoms with Gasteiger partial charge in [-0.2, -0.15) is 4.52 Å². The van der Waals surface area contributed by atoms with Gasteiger partial charge in [0.2, 0.25) is 0 Å². The van der Waals surface area contributed by atoms with Crippen LogP contribution in [-0.4, -0.2) is 25.1 Å². The zero-order valence-corrected chi connectivity index (χ0v) is 14.1. The summed E-state index contributed by atoms with van der Waals surface area (Å²) >= 11 is 0. The summed E-state index contributed by atoms with van der Waals surface area (Å²) in [7, 11) is 0. The summed E-state index contributed by atoms with van der Waals surface area (Å²) in [5, 5.41) is 2.75. The Bertz CT molecular complexity index is 964. The normalized spacial score (nSPS) is 11.7. The predicted octanol–water partition coefficient (Wildman–Crippen LogP) is 2.21. The van der Waals surface area contributed by atoms with E-state index in [9.17, 15) is 9.59 Å². The second-order valence-electron chi connectivity index (χ2n) is 6.59. The summed E-state index contributed by atoms with van der Waals surface area (Å²) in [5.41, 5.74) is 0.704. The van der Waals surface area contributed by atoms with Crippen molar-refractivity contribution >= 4 is 17.4 Å². The van der Waals surface area contributed by atoms with Gasteiger partial charge in [0, 0.05) is 24.0 Å². The average Bonchev–Trinajstić information content (AvgIpc) is 2.88. The Morgan fingerprint density at radius 1 is 1.21 bits per heavy atom. The standard InChI is InChI=1S/C17H19N5O2/c1-11-9-15(23)21-14(19-11)10-12(22(21)17(2,3)4)16(24)20-13-7-5-6-8-18-13/h5-10H,1-4H3,(H,18,20,24). The van der Waals surface area contributed by atoms with Crippen molar-refractivity contribution in [1.82, 2.24) is 19.2 Å². The number of carbonyl (C=O) groups excluding carboxylic acids is 1. The van der Waals surface area contributed by atoms with Gasteiger partial charge in [0.05, 0.1) is 5.54 Å². The molecule has 0 aliphatic heterocycles. The Morgan fingerprint density at radius 2 is 1.96 bits per heavy atom. The van der Waals surface area contributed by atoms with Crippen molar-refractivity contribution in [2.24, 2.45) is 0 Å². The molecule has 3 aromatic rings. The van der Waals surface area contributed by atoms with Gasteiger partial charge in [-0.25, -0.2) is 9.97 Å². The van der Waals surface area contributed by atoms with Gasteiger partial charge in [0.15, 0.2) is 5.65 Å². The van der Waals surface area contributed by atoms with Crippen LogP contribution in [0.4, 0.5) is 5.82 Å². The first kappa shape index (κ1) is 15.9. The Morgan fingerprint density at radius 3 is 2.58 bits per heavy atom. The van der Waals surface area contributed by atoms with Gasteiger partial charge in [0.1, 0.15) is 11.5 Å². The lowest BCUT2D eigenvalue weighted by molar-refractivity contribution is 0.100. The zero-order chi connectivity index (χ0) is 17.5. The number of carbonyl (C=O) groups is 1. The first-order valence-corrected chi connectivity index (χ1v) is 7.63. The zero-order valence-electron chi connectivity index (χ0n) is 14.1. The minimum absolute atomic E-state index is 0.218. The third-order valence-corrected chi connectivity index (χ3v) is 3.52. The van der Waals surface area contributed by atoms with Crippen molar-refractivity contribution < 1.29 is 4.79 Å². The quantitative estimate of drug-likeness (QED) is 0.783. The molecule has 0 radical (unpaired) electrons. The van der Waals surface area contributed by atoms with E-state index in [0.717, 1.165) is 0 Å². The minimum Gasteiger partial charge on any atom is -0.305 e. The number of nitrogens with zero attached hydrogens (tertiary/aromatic N) is 4. The van der Waals surface area contributed by atoms with Crippen molar-refractivity contribution in [1.29, 1.82) is 0 Å². The highest BCUT2D eigenvalue weighted by Gasteiger charge is 2.26. The summed E-state index contributed by atoms with van der Waals surface area (Å²) < 4.78 is 3.09. The van der Waals surface area contributed by atoms with Gasteiger partial charge < -0.3 is 5.32 Å². The molecule has 1 N–H and O–H groups in total. The summed E-state index contributed by atoms with van der Waals surface area (Å²) in [6, 6.07) is 8.34. The predicted molar refractivity (Wildman–Crippen MR) is 91.4 cm³/mol. The molecule has 0 saturated heterocycles. The second-order valence-corrected chi connectivity index (χ2v) is 6.59. The molecule has 1 amide bonds. The molecule has 0 atom stereocenters. The number of amides is 1.